The molecule has 92 valence electrons. The minimum absolute atomic E-state index is 0.763. The van der Waals surface area contributed by atoms with Crippen LogP contribution in [-0.2, 0) is 6.42 Å². The van der Waals surface area contributed by atoms with E-state index in [1.165, 1.54) is 25.7 Å². The Hall–Kier alpha value is -1.08. The molecule has 0 saturated carbocycles. The van der Waals surface area contributed by atoms with Gasteiger partial charge in [-0.2, -0.15) is 0 Å². The number of allylic oxidation sites excluding steroid dienone is 1. The van der Waals surface area contributed by atoms with E-state index in [1.807, 2.05) is 6.08 Å². The van der Waals surface area contributed by atoms with Crippen molar-refractivity contribution in [3.05, 3.63) is 48.0 Å². The minimum Gasteiger partial charge on any atom is -0.316 e. The molecule has 0 aliphatic heterocycles. The van der Waals surface area contributed by atoms with E-state index in [0.717, 1.165) is 25.4 Å². The number of hydrogen-bond donors (Lipinski definition) is 1. The molecule has 1 aromatic carbocycles. The molecule has 0 saturated heterocycles. The first-order valence-electron chi connectivity index (χ1n) is 6.81. The predicted molar refractivity (Wildman–Crippen MR) is 74.4 cm³/mol. The van der Waals surface area contributed by atoms with Crippen LogP contribution in [0.2, 0.25) is 0 Å². The van der Waals surface area contributed by atoms with Gasteiger partial charge in [0.05, 0.1) is 0 Å². The number of fused-ring (bicyclic) bond motifs is 1. The van der Waals surface area contributed by atoms with E-state index in [4.69, 9.17) is 0 Å². The van der Waals surface area contributed by atoms with Gasteiger partial charge < -0.3 is 5.32 Å². The molecule has 0 heterocycles. The van der Waals surface area contributed by atoms with Crippen molar-refractivity contribution in [2.75, 3.05) is 13.1 Å². The summed E-state index contributed by atoms with van der Waals surface area (Å²) in [5.41, 5.74) is 3.11. The SMILES string of the molecule is C=CCCCCCNCC1Cc2ccccc21. The van der Waals surface area contributed by atoms with Gasteiger partial charge in [0.15, 0.2) is 0 Å². The highest BCUT2D eigenvalue weighted by Gasteiger charge is 2.24. The third kappa shape index (κ3) is 3.44. The fourth-order valence-electron chi connectivity index (χ4n) is 2.54. The lowest BCUT2D eigenvalue weighted by atomic mass is 9.77. The molecular weight excluding hydrogens is 206 g/mol. The molecule has 1 aromatic rings. The largest absolute Gasteiger partial charge is 0.316 e. The molecule has 1 heteroatoms. The average Bonchev–Trinajstić information content (AvgIpc) is 2.33. The van der Waals surface area contributed by atoms with Crippen molar-refractivity contribution in [1.82, 2.24) is 5.32 Å². The predicted octanol–water partition coefficient (Wildman–Crippen LogP) is 3.66. The second-order valence-corrected chi connectivity index (χ2v) is 4.94. The summed E-state index contributed by atoms with van der Waals surface area (Å²) in [6, 6.07) is 8.82. The fourth-order valence-corrected chi connectivity index (χ4v) is 2.54. The summed E-state index contributed by atoms with van der Waals surface area (Å²) in [5, 5.41) is 3.58. The Morgan fingerprint density at radius 3 is 2.94 bits per heavy atom. The maximum Gasteiger partial charge on any atom is 0.00234 e. The molecule has 1 N–H and O–H groups in total. The van der Waals surface area contributed by atoms with Crippen LogP contribution < -0.4 is 5.32 Å². The first-order chi connectivity index (χ1) is 8.42. The zero-order valence-corrected chi connectivity index (χ0v) is 10.6. The van der Waals surface area contributed by atoms with Gasteiger partial charge in [-0.15, -0.1) is 6.58 Å². The summed E-state index contributed by atoms with van der Waals surface area (Å²) < 4.78 is 0. The molecule has 0 spiro atoms. The van der Waals surface area contributed by atoms with Crippen molar-refractivity contribution >= 4 is 0 Å². The summed E-state index contributed by atoms with van der Waals surface area (Å²) in [6.45, 7) is 6.06. The van der Waals surface area contributed by atoms with Crippen LogP contribution in [0.1, 0.15) is 42.7 Å². The van der Waals surface area contributed by atoms with E-state index < -0.39 is 0 Å². The smallest absolute Gasteiger partial charge is 0.00234 e. The van der Waals surface area contributed by atoms with Gasteiger partial charge in [0.25, 0.3) is 0 Å². The molecule has 1 nitrogen and oxygen atoms in total. The van der Waals surface area contributed by atoms with Crippen LogP contribution in [-0.4, -0.2) is 13.1 Å². The van der Waals surface area contributed by atoms with Gasteiger partial charge in [0.2, 0.25) is 0 Å². The lowest BCUT2D eigenvalue weighted by molar-refractivity contribution is 0.520. The first-order valence-corrected chi connectivity index (χ1v) is 6.81. The molecule has 1 aliphatic rings. The normalized spacial score (nSPS) is 17.3. The monoisotopic (exact) mass is 229 g/mol. The molecule has 0 fully saturated rings. The summed E-state index contributed by atoms with van der Waals surface area (Å²) >= 11 is 0. The highest BCUT2D eigenvalue weighted by atomic mass is 14.9. The molecule has 1 aliphatic carbocycles. The maximum atomic E-state index is 3.74. The lowest BCUT2D eigenvalue weighted by Crippen LogP contribution is -2.29. The molecule has 1 atom stereocenters. The number of nitrogens with one attached hydrogen (secondary N) is 1. The van der Waals surface area contributed by atoms with Gasteiger partial charge in [0.1, 0.15) is 0 Å². The molecule has 0 bridgehead atoms. The Morgan fingerprint density at radius 1 is 1.24 bits per heavy atom. The fraction of sp³-hybridized carbons (Fsp3) is 0.500. The van der Waals surface area contributed by atoms with Gasteiger partial charge in [-0.05, 0) is 43.4 Å². The van der Waals surface area contributed by atoms with Crippen LogP contribution in [0.5, 0.6) is 0 Å². The Balaban J connectivity index is 1.54. The van der Waals surface area contributed by atoms with Crippen molar-refractivity contribution in [2.45, 2.75) is 38.0 Å². The van der Waals surface area contributed by atoms with Gasteiger partial charge in [0, 0.05) is 12.5 Å². The molecule has 2 rings (SSSR count). The zero-order valence-electron chi connectivity index (χ0n) is 10.6. The standard InChI is InChI=1S/C16H23N/c1-2-3-4-5-8-11-17-13-15-12-14-9-6-7-10-16(14)15/h2,6-7,9-10,15,17H,1,3-5,8,11-13H2. The van der Waals surface area contributed by atoms with Crippen molar-refractivity contribution in [3.8, 4) is 0 Å². The highest BCUT2D eigenvalue weighted by molar-refractivity contribution is 5.40. The van der Waals surface area contributed by atoms with E-state index in [2.05, 4.69) is 36.2 Å². The molecule has 0 amide bonds. The Labute approximate surface area is 105 Å². The molecule has 1 unspecified atom stereocenters. The number of rotatable bonds is 8. The molecule has 17 heavy (non-hydrogen) atoms. The molecule has 0 aromatic heterocycles. The lowest BCUT2D eigenvalue weighted by Gasteiger charge is -2.30. The van der Waals surface area contributed by atoms with E-state index in [-0.39, 0.29) is 0 Å². The Morgan fingerprint density at radius 2 is 2.12 bits per heavy atom. The van der Waals surface area contributed by atoms with Crippen molar-refractivity contribution in [2.24, 2.45) is 0 Å². The van der Waals surface area contributed by atoms with Crippen molar-refractivity contribution in [1.29, 1.82) is 0 Å². The summed E-state index contributed by atoms with van der Waals surface area (Å²) in [6.07, 6.45) is 8.34. The zero-order chi connectivity index (χ0) is 11.9. The minimum atomic E-state index is 0.763. The molecular formula is C16H23N. The number of hydrogen-bond acceptors (Lipinski definition) is 1. The highest BCUT2D eigenvalue weighted by Crippen LogP contribution is 2.33. The number of benzene rings is 1. The van der Waals surface area contributed by atoms with Crippen LogP contribution in [0.3, 0.4) is 0 Å². The van der Waals surface area contributed by atoms with Gasteiger partial charge in [-0.1, -0.05) is 36.8 Å². The summed E-state index contributed by atoms with van der Waals surface area (Å²) in [5.74, 6) is 0.763. The van der Waals surface area contributed by atoms with Gasteiger partial charge in [-0.25, -0.2) is 0 Å². The van der Waals surface area contributed by atoms with Gasteiger partial charge >= 0.3 is 0 Å². The second kappa shape index (κ2) is 6.61. The average molecular weight is 229 g/mol. The first kappa shape index (κ1) is 12.4. The third-order valence-electron chi connectivity index (χ3n) is 3.61. The summed E-state index contributed by atoms with van der Waals surface area (Å²) in [4.78, 5) is 0. The summed E-state index contributed by atoms with van der Waals surface area (Å²) in [7, 11) is 0. The van der Waals surface area contributed by atoms with Gasteiger partial charge in [-0.3, -0.25) is 0 Å². The molecule has 0 radical (unpaired) electrons. The van der Waals surface area contributed by atoms with Crippen LogP contribution in [0.4, 0.5) is 0 Å². The quantitative estimate of drug-likeness (QED) is 0.530. The Bertz CT molecular complexity index is 356. The van der Waals surface area contributed by atoms with Crippen LogP contribution in [0.15, 0.2) is 36.9 Å². The maximum absolute atomic E-state index is 3.74. The topological polar surface area (TPSA) is 12.0 Å². The van der Waals surface area contributed by atoms with Crippen molar-refractivity contribution < 1.29 is 0 Å². The van der Waals surface area contributed by atoms with Crippen molar-refractivity contribution in [3.63, 3.8) is 0 Å². The van der Waals surface area contributed by atoms with E-state index in [1.54, 1.807) is 11.1 Å². The Kier molecular flexibility index (Phi) is 4.81. The van der Waals surface area contributed by atoms with E-state index in [0.29, 0.717) is 0 Å². The van der Waals surface area contributed by atoms with Crippen LogP contribution >= 0.6 is 0 Å². The van der Waals surface area contributed by atoms with Crippen LogP contribution in [0.25, 0.3) is 0 Å². The third-order valence-corrected chi connectivity index (χ3v) is 3.61. The number of unbranched alkanes of at least 4 members (excludes halogenated alkanes) is 3. The van der Waals surface area contributed by atoms with Crippen LogP contribution in [0, 0.1) is 0 Å². The second-order valence-electron chi connectivity index (χ2n) is 4.94. The van der Waals surface area contributed by atoms with E-state index in [9.17, 15) is 0 Å². The van der Waals surface area contributed by atoms with E-state index >= 15 is 0 Å².